The molecule has 2 unspecified atom stereocenters. The first-order valence-corrected chi connectivity index (χ1v) is 17.2. The van der Waals surface area contributed by atoms with Crippen LogP contribution in [0.5, 0.6) is 11.5 Å². The Labute approximate surface area is 268 Å². The van der Waals surface area contributed by atoms with Crippen LogP contribution in [0.2, 0.25) is 0 Å². The standard InChI is InChI=1S/C33H46N2O6S.C2H6/c1-38-27-16-12-25(13-17-27)22-34-29-24-42-30(10-6-4-8-20-41-21-9-5-7-11-31(36)40-3)32(29)35(33(34)37)23-26-14-18-28(39-2)19-15-26;1-2/h12-19,29-30,32H,4-11,20-24H2,1-3H3;1-2H3/t29?,30-,32?;/m0./s1. The number of esters is 1. The van der Waals surface area contributed by atoms with Gasteiger partial charge in [0, 0.05) is 43.7 Å². The van der Waals surface area contributed by atoms with Gasteiger partial charge < -0.3 is 28.7 Å². The van der Waals surface area contributed by atoms with Crippen LogP contribution in [-0.2, 0) is 27.4 Å². The van der Waals surface area contributed by atoms with Crippen molar-refractivity contribution in [1.29, 1.82) is 0 Å². The summed E-state index contributed by atoms with van der Waals surface area (Å²) in [4.78, 5) is 29.2. The van der Waals surface area contributed by atoms with Gasteiger partial charge in [-0.25, -0.2) is 4.79 Å². The van der Waals surface area contributed by atoms with Crippen molar-refractivity contribution < 1.29 is 28.5 Å². The van der Waals surface area contributed by atoms with Crippen LogP contribution < -0.4 is 9.47 Å². The topological polar surface area (TPSA) is 77.5 Å². The fourth-order valence-electron chi connectivity index (χ4n) is 5.83. The minimum Gasteiger partial charge on any atom is -0.497 e. The summed E-state index contributed by atoms with van der Waals surface area (Å²) in [6.45, 7) is 6.73. The summed E-state index contributed by atoms with van der Waals surface area (Å²) in [5, 5.41) is 0.425. The van der Waals surface area contributed by atoms with Crippen molar-refractivity contribution in [2.45, 2.75) is 95.6 Å². The molecule has 0 N–H and O–H groups in total. The highest BCUT2D eigenvalue weighted by Crippen LogP contribution is 2.43. The molecule has 3 atom stereocenters. The molecule has 0 radical (unpaired) electrons. The summed E-state index contributed by atoms with van der Waals surface area (Å²) in [6, 6.07) is 16.6. The Morgan fingerprint density at radius 1 is 0.773 bits per heavy atom. The average molecular weight is 629 g/mol. The van der Waals surface area contributed by atoms with Crippen LogP contribution in [-0.4, -0.2) is 79.4 Å². The van der Waals surface area contributed by atoms with Gasteiger partial charge in [0.2, 0.25) is 0 Å². The lowest BCUT2D eigenvalue weighted by molar-refractivity contribution is -0.140. The van der Waals surface area contributed by atoms with Gasteiger partial charge in [0.15, 0.2) is 0 Å². The predicted molar refractivity (Wildman–Crippen MR) is 177 cm³/mol. The number of benzene rings is 2. The average Bonchev–Trinajstić information content (AvgIpc) is 3.59. The first kappa shape index (κ1) is 35.6. The smallest absolute Gasteiger partial charge is 0.321 e. The zero-order valence-electron chi connectivity index (χ0n) is 27.3. The quantitative estimate of drug-likeness (QED) is 0.0972. The Morgan fingerprint density at radius 2 is 1.32 bits per heavy atom. The van der Waals surface area contributed by atoms with Crippen LogP contribution in [0.1, 0.15) is 76.3 Å². The van der Waals surface area contributed by atoms with Crippen LogP contribution in [0.4, 0.5) is 4.79 Å². The molecule has 244 valence electrons. The predicted octanol–water partition coefficient (Wildman–Crippen LogP) is 7.33. The second kappa shape index (κ2) is 19.5. The Morgan fingerprint density at radius 3 is 1.86 bits per heavy atom. The molecule has 0 aromatic heterocycles. The number of hydrogen-bond acceptors (Lipinski definition) is 7. The van der Waals surface area contributed by atoms with E-state index >= 15 is 0 Å². The lowest BCUT2D eigenvalue weighted by atomic mass is 10.0. The largest absolute Gasteiger partial charge is 0.497 e. The van der Waals surface area contributed by atoms with E-state index in [9.17, 15) is 9.59 Å². The van der Waals surface area contributed by atoms with Crippen LogP contribution in [0.15, 0.2) is 48.5 Å². The molecule has 9 heteroatoms. The number of rotatable bonds is 18. The van der Waals surface area contributed by atoms with Gasteiger partial charge in [0.1, 0.15) is 11.5 Å². The zero-order chi connectivity index (χ0) is 31.7. The molecule has 4 rings (SSSR count). The van der Waals surface area contributed by atoms with Crippen molar-refractivity contribution >= 4 is 23.8 Å². The zero-order valence-corrected chi connectivity index (χ0v) is 28.1. The molecule has 2 amide bonds. The van der Waals surface area contributed by atoms with Crippen LogP contribution in [0, 0.1) is 0 Å². The second-order valence-corrected chi connectivity index (χ2v) is 12.3. The summed E-state index contributed by atoms with van der Waals surface area (Å²) < 4.78 is 21.1. The number of thioether (sulfide) groups is 1. The summed E-state index contributed by atoms with van der Waals surface area (Å²) in [7, 11) is 4.77. The van der Waals surface area contributed by atoms with E-state index in [4.69, 9.17) is 14.2 Å². The van der Waals surface area contributed by atoms with Gasteiger partial charge >= 0.3 is 12.0 Å². The molecular weight excluding hydrogens is 576 g/mol. The minimum atomic E-state index is -0.140. The fraction of sp³-hybridized carbons (Fsp3) is 0.600. The number of urea groups is 1. The lowest BCUT2D eigenvalue weighted by Gasteiger charge is -2.27. The molecule has 8 nitrogen and oxygen atoms in total. The van der Waals surface area contributed by atoms with E-state index in [1.165, 1.54) is 7.11 Å². The van der Waals surface area contributed by atoms with Crippen molar-refractivity contribution in [3.05, 3.63) is 59.7 Å². The number of amides is 2. The molecule has 2 saturated heterocycles. The van der Waals surface area contributed by atoms with Crippen LogP contribution in [0.25, 0.3) is 0 Å². The van der Waals surface area contributed by atoms with E-state index in [0.717, 1.165) is 86.5 Å². The van der Waals surface area contributed by atoms with Crippen molar-refractivity contribution in [2.24, 2.45) is 0 Å². The summed E-state index contributed by atoms with van der Waals surface area (Å²) >= 11 is 2.02. The van der Waals surface area contributed by atoms with Crippen molar-refractivity contribution in [2.75, 3.05) is 40.3 Å². The van der Waals surface area contributed by atoms with E-state index in [1.54, 1.807) is 14.2 Å². The molecule has 2 aliphatic rings. The van der Waals surface area contributed by atoms with Gasteiger partial charge in [0.05, 0.1) is 33.4 Å². The normalized spacial score (nSPS) is 18.9. The Hall–Kier alpha value is -2.91. The third-order valence-corrected chi connectivity index (χ3v) is 9.68. The first-order chi connectivity index (χ1) is 21.5. The molecule has 2 aliphatic heterocycles. The SMILES string of the molecule is CC.COC(=O)CCCCCOCCCCC[C@@H]1SCC2C1N(Cc1ccc(OC)cc1)C(=O)N2Cc1ccc(OC)cc1. The van der Waals surface area contributed by atoms with Crippen molar-refractivity contribution in [1.82, 2.24) is 9.80 Å². The number of unbranched alkanes of at least 4 members (excludes halogenated alkanes) is 4. The van der Waals surface area contributed by atoms with E-state index in [-0.39, 0.29) is 24.1 Å². The van der Waals surface area contributed by atoms with Gasteiger partial charge in [-0.3, -0.25) is 4.79 Å². The number of carbonyl (C=O) groups excluding carboxylic acids is 2. The summed E-state index contributed by atoms with van der Waals surface area (Å²) in [5.41, 5.74) is 2.23. The van der Waals surface area contributed by atoms with Gasteiger partial charge in [-0.15, -0.1) is 0 Å². The number of methoxy groups -OCH3 is 3. The maximum Gasteiger partial charge on any atom is 0.321 e. The maximum absolute atomic E-state index is 13.9. The molecule has 2 heterocycles. The van der Waals surface area contributed by atoms with Gasteiger partial charge in [0.25, 0.3) is 0 Å². The molecule has 0 spiro atoms. The Balaban J connectivity index is 0.00000259. The molecule has 0 saturated carbocycles. The summed E-state index contributed by atoms with van der Waals surface area (Å²) in [6.07, 6.45) is 7.70. The highest BCUT2D eigenvalue weighted by Gasteiger charge is 2.52. The molecule has 44 heavy (non-hydrogen) atoms. The third-order valence-electron chi connectivity index (χ3n) is 8.21. The summed E-state index contributed by atoms with van der Waals surface area (Å²) in [5.74, 6) is 2.47. The van der Waals surface area contributed by atoms with Crippen molar-refractivity contribution in [3.63, 3.8) is 0 Å². The highest BCUT2D eigenvalue weighted by atomic mass is 32.2. The van der Waals surface area contributed by atoms with Gasteiger partial charge in [-0.2, -0.15) is 11.8 Å². The molecular formula is C35H52N2O6S. The van der Waals surface area contributed by atoms with E-state index in [2.05, 4.69) is 38.8 Å². The number of ether oxygens (including phenoxy) is 4. The number of hydrogen-bond donors (Lipinski definition) is 0. The third kappa shape index (κ3) is 10.3. The van der Waals surface area contributed by atoms with E-state index < -0.39 is 0 Å². The fourth-order valence-corrected chi connectivity index (χ4v) is 7.51. The highest BCUT2D eigenvalue weighted by molar-refractivity contribution is 8.00. The molecule has 2 aromatic carbocycles. The number of nitrogens with zero attached hydrogens (tertiary/aromatic N) is 2. The van der Waals surface area contributed by atoms with E-state index in [1.807, 2.05) is 49.9 Å². The van der Waals surface area contributed by atoms with Crippen LogP contribution in [0.3, 0.4) is 0 Å². The molecule has 0 aliphatic carbocycles. The molecule has 2 fully saturated rings. The second-order valence-electron chi connectivity index (χ2n) is 11.0. The number of fused-ring (bicyclic) bond motifs is 1. The number of carbonyl (C=O) groups is 2. The molecule has 0 bridgehead atoms. The first-order valence-electron chi connectivity index (χ1n) is 16.1. The minimum absolute atomic E-state index is 0.127. The molecule has 2 aromatic rings. The Kier molecular flexibility index (Phi) is 15.7. The van der Waals surface area contributed by atoms with Crippen LogP contribution >= 0.6 is 11.8 Å². The van der Waals surface area contributed by atoms with Gasteiger partial charge in [-0.05, 0) is 61.1 Å². The van der Waals surface area contributed by atoms with Gasteiger partial charge in [-0.1, -0.05) is 57.4 Å². The van der Waals surface area contributed by atoms with E-state index in [0.29, 0.717) is 24.8 Å². The maximum atomic E-state index is 13.9. The van der Waals surface area contributed by atoms with Crippen molar-refractivity contribution in [3.8, 4) is 11.5 Å². The Bertz CT molecular complexity index is 1110. The monoisotopic (exact) mass is 628 g/mol. The lowest BCUT2D eigenvalue weighted by Crippen LogP contribution is -2.40.